The molecule has 9 heteroatoms. The molecule has 0 radical (unpaired) electrons. The smallest absolute Gasteiger partial charge is 0.296 e. The Kier molecular flexibility index (Phi) is 5.76. The zero-order chi connectivity index (χ0) is 26.0. The highest BCUT2D eigenvalue weighted by Crippen LogP contribution is 2.49. The maximum atomic E-state index is 14.3. The van der Waals surface area contributed by atoms with Gasteiger partial charge in [0.1, 0.15) is 6.61 Å². The minimum absolute atomic E-state index is 0.0727. The van der Waals surface area contributed by atoms with Gasteiger partial charge in [-0.2, -0.15) is 13.9 Å². The number of fused-ring (bicyclic) bond motifs is 2. The van der Waals surface area contributed by atoms with Gasteiger partial charge in [0.15, 0.2) is 11.4 Å². The molecule has 3 aromatic rings. The molecule has 1 unspecified atom stereocenters. The summed E-state index contributed by atoms with van der Waals surface area (Å²) in [6.07, 6.45) is 1.90. The summed E-state index contributed by atoms with van der Waals surface area (Å²) < 4.78 is 34.3. The number of ether oxygens (including phenoxy) is 1. The van der Waals surface area contributed by atoms with Crippen molar-refractivity contribution < 1.29 is 23.4 Å². The molecule has 36 heavy (non-hydrogen) atoms. The number of aryl methyl sites for hydroxylation is 1. The summed E-state index contributed by atoms with van der Waals surface area (Å²) in [5.41, 5.74) is 2.12. The van der Waals surface area contributed by atoms with Crippen LogP contribution in [0.3, 0.4) is 0 Å². The van der Waals surface area contributed by atoms with E-state index in [0.717, 1.165) is 34.9 Å². The summed E-state index contributed by atoms with van der Waals surface area (Å²) in [6, 6.07) is 8.39. The molecule has 190 valence electrons. The average molecular weight is 497 g/mol. The third kappa shape index (κ3) is 3.64. The molecule has 1 aliphatic heterocycles. The SMILES string of the molecule is COC1(C)C(=O)N(C2CC2)c2cc3c(N[C@H](C)c4cccc(C(F)(F)CO)c4C)nnc(C)c3cc21. The van der Waals surface area contributed by atoms with Crippen LogP contribution in [0.2, 0.25) is 0 Å². The number of hydrogen-bond acceptors (Lipinski definition) is 6. The lowest BCUT2D eigenvalue weighted by Gasteiger charge is -2.23. The number of nitrogens with one attached hydrogen (secondary N) is 1. The number of hydrogen-bond donors (Lipinski definition) is 2. The number of halogens is 2. The van der Waals surface area contributed by atoms with E-state index in [1.807, 2.05) is 30.9 Å². The van der Waals surface area contributed by atoms with E-state index in [9.17, 15) is 18.7 Å². The lowest BCUT2D eigenvalue weighted by molar-refractivity contribution is -0.137. The Balaban J connectivity index is 1.60. The van der Waals surface area contributed by atoms with Crippen molar-refractivity contribution in [3.05, 3.63) is 58.3 Å². The van der Waals surface area contributed by atoms with E-state index in [0.29, 0.717) is 22.6 Å². The molecule has 2 heterocycles. The summed E-state index contributed by atoms with van der Waals surface area (Å²) in [4.78, 5) is 15.2. The van der Waals surface area contributed by atoms with Crippen molar-refractivity contribution in [1.82, 2.24) is 10.2 Å². The number of rotatable bonds is 7. The van der Waals surface area contributed by atoms with E-state index in [4.69, 9.17) is 4.74 Å². The molecule has 2 atom stereocenters. The van der Waals surface area contributed by atoms with Gasteiger partial charge in [-0.05, 0) is 63.8 Å². The number of methoxy groups -OCH3 is 1. The quantitative estimate of drug-likeness (QED) is 0.485. The number of carbonyl (C=O) groups is 1. The van der Waals surface area contributed by atoms with Crippen molar-refractivity contribution >= 4 is 28.2 Å². The second kappa shape index (κ2) is 8.45. The van der Waals surface area contributed by atoms with Crippen LogP contribution in [0.5, 0.6) is 0 Å². The number of nitrogens with zero attached hydrogens (tertiary/aromatic N) is 3. The molecule has 0 bridgehead atoms. The van der Waals surface area contributed by atoms with Crippen LogP contribution in [-0.4, -0.2) is 41.0 Å². The van der Waals surface area contributed by atoms with E-state index in [1.165, 1.54) is 6.07 Å². The van der Waals surface area contributed by atoms with Crippen LogP contribution in [0.1, 0.15) is 60.7 Å². The molecule has 5 rings (SSSR count). The maximum absolute atomic E-state index is 14.3. The molecule has 2 aliphatic rings. The fourth-order valence-corrected chi connectivity index (χ4v) is 5.24. The summed E-state index contributed by atoms with van der Waals surface area (Å²) in [5, 5.41) is 22.9. The van der Waals surface area contributed by atoms with Gasteiger partial charge in [-0.1, -0.05) is 18.2 Å². The number of carbonyl (C=O) groups excluding carboxylic acids is 1. The third-order valence-corrected chi connectivity index (χ3v) is 7.59. The fourth-order valence-electron chi connectivity index (χ4n) is 5.24. The standard InChI is InChI=1S/C27H30F2N4O3/c1-14-18(7-6-8-21(14)27(28,29)13-34)15(2)30-24-20-12-23-22(11-19(20)16(3)31-32-24)26(4,36-5)25(35)33(23)17-9-10-17/h6-8,11-12,15,17,34H,9-10,13H2,1-5H3,(H,30,32)/t15-,26?/m1/s1. The van der Waals surface area contributed by atoms with Gasteiger partial charge >= 0.3 is 0 Å². The van der Waals surface area contributed by atoms with Crippen molar-refractivity contribution in [2.45, 2.75) is 64.1 Å². The van der Waals surface area contributed by atoms with E-state index in [1.54, 1.807) is 33.1 Å². The Bertz CT molecular complexity index is 1370. The predicted octanol–water partition coefficient (Wildman–Crippen LogP) is 4.87. The Morgan fingerprint density at radius 2 is 1.97 bits per heavy atom. The molecular formula is C27H30F2N4O3. The van der Waals surface area contributed by atoms with Crippen LogP contribution >= 0.6 is 0 Å². The van der Waals surface area contributed by atoms with Gasteiger partial charge in [0.2, 0.25) is 0 Å². The van der Waals surface area contributed by atoms with Gasteiger partial charge < -0.3 is 20.1 Å². The van der Waals surface area contributed by atoms with E-state index < -0.39 is 18.1 Å². The minimum atomic E-state index is -3.33. The normalized spacial score (nSPS) is 20.7. The molecular weight excluding hydrogens is 466 g/mol. The first-order valence-electron chi connectivity index (χ1n) is 12.1. The molecule has 0 saturated heterocycles. The van der Waals surface area contributed by atoms with Gasteiger partial charge in [0, 0.05) is 35.1 Å². The topological polar surface area (TPSA) is 87.6 Å². The Hall–Kier alpha value is -3.17. The summed E-state index contributed by atoms with van der Waals surface area (Å²) in [5.74, 6) is -2.90. The Labute approximate surface area is 208 Å². The zero-order valence-electron chi connectivity index (χ0n) is 21.0. The number of amides is 1. The number of aliphatic hydroxyl groups excluding tert-OH is 1. The minimum Gasteiger partial charge on any atom is -0.390 e. The van der Waals surface area contributed by atoms with E-state index in [-0.39, 0.29) is 23.6 Å². The van der Waals surface area contributed by atoms with Gasteiger partial charge in [0.05, 0.1) is 17.4 Å². The second-order valence-corrected chi connectivity index (χ2v) is 9.94. The molecule has 0 spiro atoms. The Morgan fingerprint density at radius 3 is 2.61 bits per heavy atom. The van der Waals surface area contributed by atoms with Crippen LogP contribution in [0.25, 0.3) is 10.8 Å². The fraction of sp³-hybridized carbons (Fsp3) is 0.444. The summed E-state index contributed by atoms with van der Waals surface area (Å²) >= 11 is 0. The van der Waals surface area contributed by atoms with Crippen LogP contribution in [-0.2, 0) is 21.1 Å². The zero-order valence-corrected chi connectivity index (χ0v) is 21.0. The highest BCUT2D eigenvalue weighted by Gasteiger charge is 2.52. The van der Waals surface area contributed by atoms with E-state index >= 15 is 0 Å². The number of aliphatic hydroxyl groups is 1. The second-order valence-electron chi connectivity index (χ2n) is 9.94. The molecule has 1 saturated carbocycles. The third-order valence-electron chi connectivity index (χ3n) is 7.59. The maximum Gasteiger partial charge on any atom is 0.296 e. The van der Waals surface area contributed by atoms with E-state index in [2.05, 4.69) is 15.5 Å². The van der Waals surface area contributed by atoms with Crippen molar-refractivity contribution in [2.75, 3.05) is 23.9 Å². The highest BCUT2D eigenvalue weighted by molar-refractivity contribution is 6.11. The highest BCUT2D eigenvalue weighted by atomic mass is 19.3. The first-order chi connectivity index (χ1) is 17.0. The van der Waals surface area contributed by atoms with Gasteiger partial charge in [-0.3, -0.25) is 4.79 Å². The molecule has 1 fully saturated rings. The summed E-state index contributed by atoms with van der Waals surface area (Å²) in [7, 11) is 1.55. The lowest BCUT2D eigenvalue weighted by atomic mass is 9.93. The van der Waals surface area contributed by atoms with Crippen LogP contribution in [0.4, 0.5) is 20.3 Å². The number of alkyl halides is 2. The van der Waals surface area contributed by atoms with Gasteiger partial charge in [-0.15, -0.1) is 5.10 Å². The molecule has 1 aliphatic carbocycles. The monoisotopic (exact) mass is 496 g/mol. The van der Waals surface area contributed by atoms with Crippen molar-refractivity contribution in [1.29, 1.82) is 0 Å². The molecule has 2 N–H and O–H groups in total. The lowest BCUT2D eigenvalue weighted by Crippen LogP contribution is -2.40. The van der Waals surface area contributed by atoms with Crippen LogP contribution in [0.15, 0.2) is 30.3 Å². The first-order valence-corrected chi connectivity index (χ1v) is 12.1. The first kappa shape index (κ1) is 24.5. The molecule has 2 aromatic carbocycles. The molecule has 7 nitrogen and oxygen atoms in total. The predicted molar refractivity (Wildman–Crippen MR) is 133 cm³/mol. The van der Waals surface area contributed by atoms with Crippen molar-refractivity contribution in [3.63, 3.8) is 0 Å². The van der Waals surface area contributed by atoms with Crippen LogP contribution < -0.4 is 10.2 Å². The number of anilines is 2. The molecule has 1 aromatic heterocycles. The van der Waals surface area contributed by atoms with Crippen molar-refractivity contribution in [3.8, 4) is 0 Å². The molecule has 1 amide bonds. The van der Waals surface area contributed by atoms with Gasteiger partial charge in [0.25, 0.3) is 11.8 Å². The Morgan fingerprint density at radius 1 is 1.25 bits per heavy atom. The summed E-state index contributed by atoms with van der Waals surface area (Å²) in [6.45, 7) is 5.90. The number of aromatic nitrogens is 2. The largest absolute Gasteiger partial charge is 0.390 e. The van der Waals surface area contributed by atoms with Gasteiger partial charge in [-0.25, -0.2) is 0 Å². The van der Waals surface area contributed by atoms with Crippen LogP contribution in [0, 0.1) is 13.8 Å². The average Bonchev–Trinajstić information content (AvgIpc) is 3.67. The number of benzene rings is 2. The van der Waals surface area contributed by atoms with Crippen molar-refractivity contribution in [2.24, 2.45) is 0 Å².